The van der Waals surface area contributed by atoms with Crippen LogP contribution in [0.2, 0.25) is 0 Å². The molecule has 3 rings (SSSR count). The number of hydrogen-bond donors (Lipinski definition) is 1. The molecule has 0 aliphatic heterocycles. The van der Waals surface area contributed by atoms with Crippen molar-refractivity contribution in [1.82, 2.24) is 10.3 Å². The number of thiazole rings is 1. The van der Waals surface area contributed by atoms with Gasteiger partial charge in [-0.05, 0) is 25.3 Å². The van der Waals surface area contributed by atoms with Crippen LogP contribution in [0.1, 0.15) is 28.3 Å². The first-order valence-corrected chi connectivity index (χ1v) is 10.2. The van der Waals surface area contributed by atoms with Gasteiger partial charge in [-0.15, -0.1) is 23.1 Å². The number of nitrogens with one attached hydrogen (secondary N) is 1. The Morgan fingerprint density at radius 1 is 1.26 bits per heavy atom. The fourth-order valence-corrected chi connectivity index (χ4v) is 3.82. The highest BCUT2D eigenvalue weighted by Gasteiger charge is 2.23. The highest BCUT2D eigenvalue weighted by atomic mass is 32.2. The molecule has 0 aliphatic carbocycles. The zero-order valence-electron chi connectivity index (χ0n) is 14.7. The molecule has 8 heteroatoms. The molecule has 6 nitrogen and oxygen atoms in total. The van der Waals surface area contributed by atoms with Gasteiger partial charge in [0.05, 0.1) is 16.7 Å². The second kappa shape index (κ2) is 8.32. The lowest BCUT2D eigenvalue weighted by Gasteiger charge is -2.12. The van der Waals surface area contributed by atoms with Crippen LogP contribution in [-0.4, -0.2) is 22.1 Å². The van der Waals surface area contributed by atoms with Crippen LogP contribution >= 0.6 is 23.1 Å². The number of nitrogens with zero attached hydrogens (tertiary/aromatic N) is 2. The van der Waals surface area contributed by atoms with E-state index in [1.165, 1.54) is 29.2 Å². The molecule has 1 unspecified atom stereocenters. The third-order valence-electron chi connectivity index (χ3n) is 3.95. The summed E-state index contributed by atoms with van der Waals surface area (Å²) in [6.45, 7) is 1.82. The number of nitro benzene ring substituents is 1. The summed E-state index contributed by atoms with van der Waals surface area (Å²) in [6, 6.07) is 13.9. The predicted octanol–water partition coefficient (Wildman–Crippen LogP) is 4.93. The largest absolute Gasteiger partial charge is 0.343 e. The highest BCUT2D eigenvalue weighted by molar-refractivity contribution is 7.98. The van der Waals surface area contributed by atoms with Gasteiger partial charge < -0.3 is 5.32 Å². The van der Waals surface area contributed by atoms with Crippen molar-refractivity contribution in [3.05, 3.63) is 74.6 Å². The zero-order chi connectivity index (χ0) is 19.4. The SMILES string of the molecule is CSc1ccc([N+](=O)[O-])c(C(=O)NC(C)c2nc(-c3ccccc3)cs2)c1. The fraction of sp³-hybridized carbons (Fsp3) is 0.158. The summed E-state index contributed by atoms with van der Waals surface area (Å²) >= 11 is 2.87. The quantitative estimate of drug-likeness (QED) is 0.361. The van der Waals surface area contributed by atoms with Gasteiger partial charge >= 0.3 is 0 Å². The minimum absolute atomic E-state index is 0.0542. The lowest BCUT2D eigenvalue weighted by molar-refractivity contribution is -0.385. The summed E-state index contributed by atoms with van der Waals surface area (Å²) < 4.78 is 0. The predicted molar refractivity (Wildman–Crippen MR) is 108 cm³/mol. The Morgan fingerprint density at radius 2 is 2.00 bits per heavy atom. The smallest absolute Gasteiger partial charge is 0.282 e. The van der Waals surface area contributed by atoms with Gasteiger partial charge in [-0.1, -0.05) is 30.3 Å². The number of aromatic nitrogens is 1. The average Bonchev–Trinajstić information content (AvgIpc) is 3.18. The molecule has 0 bridgehead atoms. The number of benzene rings is 2. The second-order valence-electron chi connectivity index (χ2n) is 5.77. The van der Waals surface area contributed by atoms with E-state index in [9.17, 15) is 14.9 Å². The van der Waals surface area contributed by atoms with E-state index in [-0.39, 0.29) is 17.3 Å². The molecule has 1 amide bonds. The Hall–Kier alpha value is -2.71. The molecule has 1 N–H and O–H groups in total. The van der Waals surface area contributed by atoms with Gasteiger partial charge in [-0.25, -0.2) is 4.98 Å². The summed E-state index contributed by atoms with van der Waals surface area (Å²) in [6.07, 6.45) is 1.85. The average molecular weight is 399 g/mol. The molecule has 0 aliphatic rings. The molecular formula is C19H17N3O3S2. The Labute approximate surface area is 164 Å². The molecule has 0 saturated carbocycles. The van der Waals surface area contributed by atoms with Crippen molar-refractivity contribution < 1.29 is 9.72 Å². The van der Waals surface area contributed by atoms with E-state index in [0.717, 1.165) is 21.2 Å². The van der Waals surface area contributed by atoms with Gasteiger partial charge in [0.2, 0.25) is 0 Å². The van der Waals surface area contributed by atoms with Crippen molar-refractivity contribution >= 4 is 34.7 Å². The number of hydrogen-bond acceptors (Lipinski definition) is 6. The van der Waals surface area contributed by atoms with E-state index in [1.54, 1.807) is 12.1 Å². The number of amides is 1. The minimum Gasteiger partial charge on any atom is -0.343 e. The van der Waals surface area contributed by atoms with Crippen molar-refractivity contribution in [2.75, 3.05) is 6.26 Å². The molecular weight excluding hydrogens is 382 g/mol. The summed E-state index contributed by atoms with van der Waals surface area (Å²) in [4.78, 5) is 28.7. The summed E-state index contributed by atoms with van der Waals surface area (Å²) in [5.41, 5.74) is 1.69. The number of nitro groups is 1. The molecule has 0 radical (unpaired) electrons. The van der Waals surface area contributed by atoms with Crippen molar-refractivity contribution in [1.29, 1.82) is 0 Å². The molecule has 2 aromatic carbocycles. The van der Waals surface area contributed by atoms with Crippen LogP contribution in [0, 0.1) is 10.1 Å². The molecule has 1 aromatic heterocycles. The van der Waals surface area contributed by atoms with E-state index < -0.39 is 10.8 Å². The molecule has 3 aromatic rings. The van der Waals surface area contributed by atoms with E-state index in [4.69, 9.17) is 0 Å². The Balaban J connectivity index is 1.80. The van der Waals surface area contributed by atoms with E-state index in [1.807, 2.05) is 48.9 Å². The van der Waals surface area contributed by atoms with Crippen molar-refractivity contribution in [2.24, 2.45) is 0 Å². The summed E-state index contributed by atoms with van der Waals surface area (Å²) in [7, 11) is 0. The fourth-order valence-electron chi connectivity index (χ4n) is 2.55. The van der Waals surface area contributed by atoms with Crippen LogP contribution in [0.15, 0.2) is 58.8 Å². The molecule has 1 atom stereocenters. The third-order valence-corrected chi connectivity index (χ3v) is 5.71. The van der Waals surface area contributed by atoms with E-state index in [2.05, 4.69) is 10.3 Å². The molecule has 27 heavy (non-hydrogen) atoms. The van der Waals surface area contributed by atoms with E-state index in [0.29, 0.717) is 0 Å². The van der Waals surface area contributed by atoms with Crippen molar-refractivity contribution in [3.8, 4) is 11.3 Å². The van der Waals surface area contributed by atoms with Gasteiger partial charge in [0.1, 0.15) is 10.6 Å². The first-order valence-electron chi connectivity index (χ1n) is 8.13. The lowest BCUT2D eigenvalue weighted by atomic mass is 10.1. The topological polar surface area (TPSA) is 85.1 Å². The molecule has 0 saturated heterocycles. The van der Waals surface area contributed by atoms with Crippen LogP contribution in [0.5, 0.6) is 0 Å². The van der Waals surface area contributed by atoms with Gasteiger partial charge in [0, 0.05) is 21.9 Å². The van der Waals surface area contributed by atoms with Crippen LogP contribution in [0.25, 0.3) is 11.3 Å². The zero-order valence-corrected chi connectivity index (χ0v) is 16.3. The van der Waals surface area contributed by atoms with Gasteiger partial charge in [-0.2, -0.15) is 0 Å². The van der Waals surface area contributed by atoms with Gasteiger partial charge in [0.15, 0.2) is 0 Å². The van der Waals surface area contributed by atoms with Crippen molar-refractivity contribution in [3.63, 3.8) is 0 Å². The molecule has 1 heterocycles. The van der Waals surface area contributed by atoms with Crippen LogP contribution in [-0.2, 0) is 0 Å². The van der Waals surface area contributed by atoms with Gasteiger partial charge in [0.25, 0.3) is 11.6 Å². The Bertz CT molecular complexity index is 973. The molecule has 138 valence electrons. The Kier molecular flexibility index (Phi) is 5.88. The molecule has 0 spiro atoms. The van der Waals surface area contributed by atoms with Gasteiger partial charge in [-0.3, -0.25) is 14.9 Å². The minimum atomic E-state index is -0.541. The number of rotatable bonds is 6. The van der Waals surface area contributed by atoms with Crippen LogP contribution in [0.4, 0.5) is 5.69 Å². The first kappa shape index (κ1) is 19.1. The second-order valence-corrected chi connectivity index (χ2v) is 7.54. The maximum Gasteiger partial charge on any atom is 0.282 e. The third kappa shape index (κ3) is 4.35. The maximum atomic E-state index is 12.7. The monoisotopic (exact) mass is 399 g/mol. The maximum absolute atomic E-state index is 12.7. The van der Waals surface area contributed by atoms with Crippen LogP contribution < -0.4 is 5.32 Å². The standard InChI is InChI=1S/C19H17N3O3S2/c1-12(19-21-16(11-27-19)13-6-4-3-5-7-13)20-18(23)15-10-14(26-2)8-9-17(15)22(24)25/h3-12H,1-2H3,(H,20,23). The number of carbonyl (C=O) groups is 1. The number of thioether (sulfide) groups is 1. The summed E-state index contributed by atoms with van der Waals surface area (Å²) in [5, 5.41) is 16.7. The van der Waals surface area contributed by atoms with Crippen LogP contribution in [0.3, 0.4) is 0 Å². The lowest BCUT2D eigenvalue weighted by Crippen LogP contribution is -2.27. The summed E-state index contributed by atoms with van der Waals surface area (Å²) in [5.74, 6) is -0.485. The Morgan fingerprint density at radius 3 is 2.67 bits per heavy atom. The van der Waals surface area contributed by atoms with Crippen molar-refractivity contribution in [2.45, 2.75) is 17.9 Å². The first-order chi connectivity index (χ1) is 13.0. The normalized spacial score (nSPS) is 11.8. The molecule has 0 fully saturated rings. The van der Waals surface area contributed by atoms with E-state index >= 15 is 0 Å². The number of carbonyl (C=O) groups excluding carboxylic acids is 1. The highest BCUT2D eigenvalue weighted by Crippen LogP contribution is 2.28.